The molecule has 3 nitrogen and oxygen atoms in total. The maximum Gasteiger partial charge on any atom is 0.416 e. The van der Waals surface area contributed by atoms with Gasteiger partial charge in [-0.3, -0.25) is 4.79 Å². The summed E-state index contributed by atoms with van der Waals surface area (Å²) in [7, 11) is 0. The van der Waals surface area contributed by atoms with Crippen molar-refractivity contribution in [3.05, 3.63) is 35.4 Å². The van der Waals surface area contributed by atoms with Gasteiger partial charge >= 0.3 is 6.18 Å². The van der Waals surface area contributed by atoms with E-state index in [9.17, 15) is 18.0 Å². The van der Waals surface area contributed by atoms with Crippen LogP contribution in [0.1, 0.15) is 24.5 Å². The molecular formula is C15H20ClF3N2O. The van der Waals surface area contributed by atoms with Gasteiger partial charge in [0, 0.05) is 12.6 Å². The molecule has 1 saturated heterocycles. The van der Waals surface area contributed by atoms with Gasteiger partial charge in [0.25, 0.3) is 0 Å². The summed E-state index contributed by atoms with van der Waals surface area (Å²) >= 11 is 0. The van der Waals surface area contributed by atoms with Gasteiger partial charge in [0.15, 0.2) is 0 Å². The summed E-state index contributed by atoms with van der Waals surface area (Å²) in [5, 5.41) is 6.09. The molecule has 2 unspecified atom stereocenters. The lowest BCUT2D eigenvalue weighted by molar-refractivity contribution is -0.137. The fraction of sp³-hybridized carbons (Fsp3) is 0.533. The summed E-state index contributed by atoms with van der Waals surface area (Å²) < 4.78 is 37.9. The molecule has 22 heavy (non-hydrogen) atoms. The lowest BCUT2D eigenvalue weighted by atomic mass is 9.94. The molecule has 1 aliphatic heterocycles. The largest absolute Gasteiger partial charge is 0.416 e. The van der Waals surface area contributed by atoms with E-state index in [0.717, 1.165) is 25.1 Å². The Labute approximate surface area is 134 Å². The monoisotopic (exact) mass is 336 g/mol. The van der Waals surface area contributed by atoms with Gasteiger partial charge in [-0.25, -0.2) is 0 Å². The Hall–Kier alpha value is -1.27. The molecule has 0 aromatic heterocycles. The van der Waals surface area contributed by atoms with Crippen LogP contribution in [-0.2, 0) is 17.4 Å². The van der Waals surface area contributed by atoms with Crippen molar-refractivity contribution in [2.24, 2.45) is 5.92 Å². The summed E-state index contributed by atoms with van der Waals surface area (Å²) in [5.74, 6) is 0.131. The number of hydrogen-bond acceptors (Lipinski definition) is 2. The molecule has 2 atom stereocenters. The zero-order valence-corrected chi connectivity index (χ0v) is 13.1. The van der Waals surface area contributed by atoms with Crippen LogP contribution in [0.15, 0.2) is 24.3 Å². The van der Waals surface area contributed by atoms with Crippen LogP contribution in [0, 0.1) is 5.92 Å². The number of benzene rings is 1. The molecule has 2 N–H and O–H groups in total. The number of piperidine rings is 1. The van der Waals surface area contributed by atoms with Gasteiger partial charge in [0.2, 0.25) is 5.91 Å². The number of halogens is 4. The molecule has 0 bridgehead atoms. The Morgan fingerprint density at radius 1 is 1.41 bits per heavy atom. The minimum atomic E-state index is -4.38. The van der Waals surface area contributed by atoms with Crippen molar-refractivity contribution >= 4 is 18.3 Å². The number of carbonyl (C=O) groups is 1. The molecule has 1 fully saturated rings. The Morgan fingerprint density at radius 2 is 2.14 bits per heavy atom. The van der Waals surface area contributed by atoms with Crippen LogP contribution in [0.2, 0.25) is 0 Å². The van der Waals surface area contributed by atoms with E-state index in [1.807, 2.05) is 0 Å². The molecule has 0 aliphatic carbocycles. The van der Waals surface area contributed by atoms with Crippen LogP contribution in [0.3, 0.4) is 0 Å². The number of rotatable bonds is 3. The number of alkyl halides is 3. The first-order valence-electron chi connectivity index (χ1n) is 7.02. The molecule has 1 aliphatic rings. The van der Waals surface area contributed by atoms with Crippen LogP contribution in [0.25, 0.3) is 0 Å². The van der Waals surface area contributed by atoms with E-state index in [1.54, 1.807) is 0 Å². The first-order chi connectivity index (χ1) is 9.86. The lowest BCUT2D eigenvalue weighted by Gasteiger charge is -2.30. The van der Waals surface area contributed by atoms with E-state index in [-0.39, 0.29) is 30.8 Å². The molecule has 1 aromatic carbocycles. The molecule has 0 spiro atoms. The van der Waals surface area contributed by atoms with Gasteiger partial charge in [-0.1, -0.05) is 25.1 Å². The van der Waals surface area contributed by atoms with Crippen LogP contribution < -0.4 is 10.6 Å². The summed E-state index contributed by atoms with van der Waals surface area (Å²) in [6.45, 7) is 3.70. The van der Waals surface area contributed by atoms with Crippen molar-refractivity contribution in [2.45, 2.75) is 32.0 Å². The highest BCUT2D eigenvalue weighted by Gasteiger charge is 2.30. The minimum Gasteiger partial charge on any atom is -0.352 e. The van der Waals surface area contributed by atoms with Crippen molar-refractivity contribution in [1.82, 2.24) is 10.6 Å². The molecule has 7 heteroatoms. The zero-order valence-electron chi connectivity index (χ0n) is 12.2. The topological polar surface area (TPSA) is 41.1 Å². The van der Waals surface area contributed by atoms with Crippen LogP contribution in [0.4, 0.5) is 13.2 Å². The van der Waals surface area contributed by atoms with Gasteiger partial charge in [0.05, 0.1) is 12.0 Å². The quantitative estimate of drug-likeness (QED) is 0.891. The van der Waals surface area contributed by atoms with Crippen molar-refractivity contribution in [2.75, 3.05) is 13.1 Å². The number of hydrogen-bond donors (Lipinski definition) is 2. The first-order valence-corrected chi connectivity index (χ1v) is 7.02. The second kappa shape index (κ2) is 7.83. The lowest BCUT2D eigenvalue weighted by Crippen LogP contribution is -2.50. The fourth-order valence-electron chi connectivity index (χ4n) is 2.48. The molecular weight excluding hydrogens is 317 g/mol. The third-order valence-corrected chi connectivity index (χ3v) is 3.79. The zero-order chi connectivity index (χ0) is 15.5. The Morgan fingerprint density at radius 3 is 2.77 bits per heavy atom. The van der Waals surface area contributed by atoms with Gasteiger partial charge in [0.1, 0.15) is 0 Å². The smallest absolute Gasteiger partial charge is 0.352 e. The average molecular weight is 337 g/mol. The molecule has 1 aromatic rings. The minimum absolute atomic E-state index is 0. The van der Waals surface area contributed by atoms with E-state index in [1.165, 1.54) is 12.1 Å². The van der Waals surface area contributed by atoms with Crippen LogP contribution >= 0.6 is 12.4 Å². The van der Waals surface area contributed by atoms with Gasteiger partial charge in [-0.15, -0.1) is 12.4 Å². The molecule has 0 radical (unpaired) electrons. The van der Waals surface area contributed by atoms with E-state index in [2.05, 4.69) is 17.6 Å². The second-order valence-electron chi connectivity index (χ2n) is 5.52. The molecule has 2 rings (SSSR count). The fourth-order valence-corrected chi connectivity index (χ4v) is 2.48. The maximum absolute atomic E-state index is 12.6. The molecule has 0 saturated carbocycles. The maximum atomic E-state index is 12.6. The Bertz CT molecular complexity index is 508. The normalized spacial score (nSPS) is 21.8. The van der Waals surface area contributed by atoms with E-state index >= 15 is 0 Å². The van der Waals surface area contributed by atoms with E-state index in [0.29, 0.717) is 18.0 Å². The van der Waals surface area contributed by atoms with Gasteiger partial charge in [-0.2, -0.15) is 13.2 Å². The predicted molar refractivity (Wildman–Crippen MR) is 81.0 cm³/mol. The highest BCUT2D eigenvalue weighted by atomic mass is 35.5. The van der Waals surface area contributed by atoms with Crippen molar-refractivity contribution in [1.29, 1.82) is 0 Å². The summed E-state index contributed by atoms with van der Waals surface area (Å²) in [6.07, 6.45) is -3.43. The third-order valence-electron chi connectivity index (χ3n) is 3.79. The summed E-state index contributed by atoms with van der Waals surface area (Å²) in [6, 6.07) is 4.95. The predicted octanol–water partition coefficient (Wildman–Crippen LogP) is 2.78. The van der Waals surface area contributed by atoms with Crippen LogP contribution in [-0.4, -0.2) is 25.0 Å². The third kappa shape index (κ3) is 5.18. The number of nitrogens with one attached hydrogen (secondary N) is 2. The molecule has 1 heterocycles. The van der Waals surface area contributed by atoms with E-state index < -0.39 is 11.7 Å². The van der Waals surface area contributed by atoms with Gasteiger partial charge in [-0.05, 0) is 30.5 Å². The molecule has 124 valence electrons. The average Bonchev–Trinajstić information content (AvgIpc) is 2.41. The van der Waals surface area contributed by atoms with Crippen LogP contribution in [0.5, 0.6) is 0 Å². The van der Waals surface area contributed by atoms with Gasteiger partial charge < -0.3 is 10.6 Å². The SMILES string of the molecule is CC1CCNCC1NC(=O)Cc1cccc(C(F)(F)F)c1.Cl. The highest BCUT2D eigenvalue weighted by molar-refractivity contribution is 5.85. The first kappa shape index (κ1) is 18.8. The summed E-state index contributed by atoms with van der Waals surface area (Å²) in [5.41, 5.74) is -0.348. The summed E-state index contributed by atoms with van der Waals surface area (Å²) in [4.78, 5) is 12.0. The number of carbonyl (C=O) groups excluding carboxylic acids is 1. The number of amides is 1. The van der Waals surface area contributed by atoms with Crippen molar-refractivity contribution in [3.8, 4) is 0 Å². The van der Waals surface area contributed by atoms with Crippen molar-refractivity contribution < 1.29 is 18.0 Å². The Kier molecular flexibility index (Phi) is 6.68. The van der Waals surface area contributed by atoms with Crippen molar-refractivity contribution in [3.63, 3.8) is 0 Å². The van der Waals surface area contributed by atoms with E-state index in [4.69, 9.17) is 0 Å². The molecule has 1 amide bonds. The standard InChI is InChI=1S/C15H19F3N2O.ClH/c1-10-5-6-19-9-13(10)20-14(21)8-11-3-2-4-12(7-11)15(16,17)18;/h2-4,7,10,13,19H,5-6,8-9H2,1H3,(H,20,21);1H. The highest BCUT2D eigenvalue weighted by Crippen LogP contribution is 2.29. The Balaban J connectivity index is 0.00000242. The second-order valence-corrected chi connectivity index (χ2v) is 5.52.